The molecule has 84 valence electrons. The first-order valence-electron chi connectivity index (χ1n) is 4.39. The largest absolute Gasteiger partial charge is 0.348 e. The number of carbonyl (C=O) groups excluding carboxylic acids is 2. The average molecular weight is 238 g/mol. The smallest absolute Gasteiger partial charge is 0.235 e. The van der Waals surface area contributed by atoms with E-state index in [9.17, 15) is 9.59 Å². The third kappa shape index (κ3) is 7.23. The summed E-state index contributed by atoms with van der Waals surface area (Å²) < 4.78 is 2.90. The van der Waals surface area contributed by atoms with E-state index >= 15 is 0 Å². The number of thiol groups is 2. The third-order valence-electron chi connectivity index (χ3n) is 1.57. The van der Waals surface area contributed by atoms with Crippen molar-refractivity contribution in [1.82, 2.24) is 10.0 Å². The van der Waals surface area contributed by atoms with Gasteiger partial charge >= 0.3 is 0 Å². The summed E-state index contributed by atoms with van der Waals surface area (Å²) in [5.41, 5.74) is 0. The first-order chi connectivity index (χ1) is 6.43. The van der Waals surface area contributed by atoms with Crippen molar-refractivity contribution in [2.24, 2.45) is 5.92 Å². The minimum Gasteiger partial charge on any atom is -0.348 e. The lowest BCUT2D eigenvalue weighted by Crippen LogP contribution is -2.36. The molecule has 0 spiro atoms. The predicted molar refractivity (Wildman–Crippen MR) is 64.8 cm³/mol. The van der Waals surface area contributed by atoms with E-state index in [2.05, 4.69) is 21.7 Å². The van der Waals surface area contributed by atoms with Crippen LogP contribution in [0.5, 0.6) is 0 Å². The van der Waals surface area contributed by atoms with Crippen LogP contribution in [0.3, 0.4) is 0 Å². The Morgan fingerprint density at radius 2 is 1.93 bits per heavy atom. The van der Waals surface area contributed by atoms with Gasteiger partial charge in [0.15, 0.2) is 5.78 Å². The number of nitrogens with one attached hydrogen (secondary N) is 2. The Hall–Kier alpha value is -0.200. The Bertz CT molecular complexity index is 208. The first kappa shape index (κ1) is 13.8. The van der Waals surface area contributed by atoms with Crippen molar-refractivity contribution in [3.05, 3.63) is 0 Å². The van der Waals surface area contributed by atoms with Crippen LogP contribution < -0.4 is 10.0 Å². The van der Waals surface area contributed by atoms with Crippen molar-refractivity contribution in [2.75, 3.05) is 19.3 Å². The molecule has 0 heterocycles. The molecule has 0 rings (SSSR count). The highest BCUT2D eigenvalue weighted by molar-refractivity contribution is 8.77. The van der Waals surface area contributed by atoms with Crippen LogP contribution in [0.25, 0.3) is 0 Å². The number of amides is 1. The van der Waals surface area contributed by atoms with Crippen LogP contribution in [0, 0.1) is 5.92 Å². The molecule has 0 radical (unpaired) electrons. The summed E-state index contributed by atoms with van der Waals surface area (Å²) in [6.07, 6.45) is 1.89. The molecule has 1 amide bonds. The molecule has 0 aromatic carbocycles. The molecular formula is C8H18N2O2S2. The van der Waals surface area contributed by atoms with E-state index in [0.717, 1.165) is 0 Å². The monoisotopic (exact) mass is 238 g/mol. The Balaban J connectivity index is 3.59. The minimum atomic E-state index is -0.573. The molecule has 0 aromatic heterocycles. The zero-order valence-electron chi connectivity index (χ0n) is 8.70. The second-order valence-corrected chi connectivity index (χ2v) is 6.42. The summed E-state index contributed by atoms with van der Waals surface area (Å²) in [4.78, 5) is 22.3. The first-order valence-corrected chi connectivity index (χ1v) is 7.33. The molecular weight excluding hydrogens is 220 g/mol. The van der Waals surface area contributed by atoms with Gasteiger partial charge in [-0.3, -0.25) is 14.3 Å². The highest BCUT2D eigenvalue weighted by Crippen LogP contribution is 2.17. The average Bonchev–Trinajstić information content (AvgIpc) is 2.10. The van der Waals surface area contributed by atoms with Crippen LogP contribution in [0.1, 0.15) is 13.8 Å². The van der Waals surface area contributed by atoms with Crippen LogP contribution >= 0.6 is 21.8 Å². The number of rotatable bonds is 6. The molecule has 0 aliphatic rings. The van der Waals surface area contributed by atoms with E-state index in [4.69, 9.17) is 0 Å². The van der Waals surface area contributed by atoms with Gasteiger partial charge in [-0.1, -0.05) is 13.8 Å². The van der Waals surface area contributed by atoms with Crippen LogP contribution in [-0.2, 0) is 9.59 Å². The van der Waals surface area contributed by atoms with Crippen LogP contribution in [0.2, 0.25) is 0 Å². The Morgan fingerprint density at radius 3 is 2.36 bits per heavy atom. The number of ketones is 1. The lowest BCUT2D eigenvalue weighted by Gasteiger charge is -2.11. The van der Waals surface area contributed by atoms with Crippen molar-refractivity contribution >= 4 is 33.5 Å². The second kappa shape index (κ2) is 7.14. The normalized spacial score (nSPS) is 13.9. The van der Waals surface area contributed by atoms with Crippen LogP contribution in [0.4, 0.5) is 0 Å². The molecule has 0 aliphatic heterocycles. The van der Waals surface area contributed by atoms with E-state index in [1.807, 2.05) is 20.1 Å². The summed E-state index contributed by atoms with van der Waals surface area (Å²) in [5, 5.41) is 2.54. The van der Waals surface area contributed by atoms with Gasteiger partial charge in [0.25, 0.3) is 0 Å². The van der Waals surface area contributed by atoms with E-state index in [-0.39, 0.29) is 30.7 Å². The highest BCUT2D eigenvalue weighted by Gasteiger charge is 2.08. The summed E-state index contributed by atoms with van der Waals surface area (Å²) in [6.45, 7) is 3.96. The lowest BCUT2D eigenvalue weighted by molar-refractivity contribution is -0.125. The molecule has 6 heteroatoms. The van der Waals surface area contributed by atoms with Crippen LogP contribution in [0.15, 0.2) is 0 Å². The molecule has 0 saturated heterocycles. The number of hydrogen-bond acceptors (Lipinski definition) is 4. The van der Waals surface area contributed by atoms with Gasteiger partial charge < -0.3 is 5.32 Å². The van der Waals surface area contributed by atoms with E-state index in [0.29, 0.717) is 0 Å². The fourth-order valence-electron chi connectivity index (χ4n) is 0.639. The number of hydrogen-bond donors (Lipinski definition) is 4. The van der Waals surface area contributed by atoms with Gasteiger partial charge in [0.2, 0.25) is 5.91 Å². The van der Waals surface area contributed by atoms with Crippen molar-refractivity contribution in [3.63, 3.8) is 0 Å². The Kier molecular flexibility index (Phi) is 7.04. The lowest BCUT2D eigenvalue weighted by atomic mass is 10.1. The van der Waals surface area contributed by atoms with E-state index in [1.165, 1.54) is 0 Å². The zero-order valence-corrected chi connectivity index (χ0v) is 10.5. The maximum absolute atomic E-state index is 11.1. The van der Waals surface area contributed by atoms with Crippen molar-refractivity contribution in [1.29, 1.82) is 0 Å². The molecule has 14 heavy (non-hydrogen) atoms. The maximum atomic E-state index is 11.1. The number of carbonyl (C=O) groups is 2. The Labute approximate surface area is 92.5 Å². The third-order valence-corrected chi connectivity index (χ3v) is 2.61. The summed E-state index contributed by atoms with van der Waals surface area (Å²) in [5.74, 6) is -0.151. The Morgan fingerprint density at radius 1 is 1.36 bits per heavy atom. The summed E-state index contributed by atoms with van der Waals surface area (Å²) >= 11 is 4.12. The van der Waals surface area contributed by atoms with Crippen molar-refractivity contribution in [2.45, 2.75) is 13.8 Å². The zero-order chi connectivity index (χ0) is 11.1. The standard InChI is InChI=1S/C8H18N2O2S2/c1-6(2)7(11)4-9-8(12)5-10-14(3)13/h6,10,13-14H,4-5H2,1-3H3,(H,9,12). The molecule has 2 N–H and O–H groups in total. The molecule has 1 unspecified atom stereocenters. The van der Waals surface area contributed by atoms with Gasteiger partial charge in [0.1, 0.15) is 0 Å². The molecule has 1 atom stereocenters. The van der Waals surface area contributed by atoms with Gasteiger partial charge in [-0.2, -0.15) is 10.1 Å². The van der Waals surface area contributed by atoms with Gasteiger partial charge in [-0.15, -0.1) is 11.7 Å². The molecule has 0 aliphatic carbocycles. The minimum absolute atomic E-state index is 0.0311. The second-order valence-electron chi connectivity index (χ2n) is 3.26. The molecule has 0 bridgehead atoms. The highest BCUT2D eigenvalue weighted by atomic mass is 33.1. The fourth-order valence-corrected chi connectivity index (χ4v) is 1.22. The SMILES string of the molecule is CC(C)C(=O)CNC(=O)CN[SH](C)S. The summed E-state index contributed by atoms with van der Waals surface area (Å²) in [7, 11) is -0.573. The van der Waals surface area contributed by atoms with Gasteiger partial charge in [0, 0.05) is 5.92 Å². The molecule has 0 saturated carbocycles. The van der Waals surface area contributed by atoms with Gasteiger partial charge in [-0.05, 0) is 6.26 Å². The van der Waals surface area contributed by atoms with E-state index < -0.39 is 10.1 Å². The fraction of sp³-hybridized carbons (Fsp3) is 0.750. The van der Waals surface area contributed by atoms with E-state index in [1.54, 1.807) is 0 Å². The molecule has 0 fully saturated rings. The topological polar surface area (TPSA) is 58.2 Å². The predicted octanol–water partition coefficient (Wildman–Crippen LogP) is 0.308. The molecule has 4 nitrogen and oxygen atoms in total. The van der Waals surface area contributed by atoms with Crippen LogP contribution in [-0.4, -0.2) is 31.0 Å². The van der Waals surface area contributed by atoms with Gasteiger partial charge in [-0.25, -0.2) is 0 Å². The molecule has 0 aromatic rings. The van der Waals surface area contributed by atoms with Crippen molar-refractivity contribution < 1.29 is 9.59 Å². The van der Waals surface area contributed by atoms with Gasteiger partial charge in [0.05, 0.1) is 13.1 Å². The maximum Gasteiger partial charge on any atom is 0.235 e. The quantitative estimate of drug-likeness (QED) is 0.398. The summed E-state index contributed by atoms with van der Waals surface area (Å²) in [6, 6.07) is 0. The number of Topliss-reactive ketones (excluding diaryl/α,β-unsaturated/α-hetero) is 1. The van der Waals surface area contributed by atoms with Crippen molar-refractivity contribution in [3.8, 4) is 0 Å².